The monoisotopic (exact) mass is 399 g/mol. The van der Waals surface area contributed by atoms with E-state index in [1.165, 1.54) is 0 Å². The molecule has 1 amide bonds. The molecule has 1 atom stereocenters. The number of rotatable bonds is 4. The van der Waals surface area contributed by atoms with Gasteiger partial charge < -0.3 is 14.2 Å². The first-order chi connectivity index (χ1) is 14.7. The number of carbonyl (C=O) groups is 1. The summed E-state index contributed by atoms with van der Waals surface area (Å²) in [4.78, 5) is 19.3. The number of likely N-dealkylation sites (tertiary alicyclic amines) is 1. The van der Waals surface area contributed by atoms with Crippen LogP contribution in [0.2, 0.25) is 0 Å². The lowest BCUT2D eigenvalue weighted by molar-refractivity contribution is 0.0771. The van der Waals surface area contributed by atoms with Crippen LogP contribution in [0.4, 0.5) is 0 Å². The highest BCUT2D eigenvalue weighted by Crippen LogP contribution is 2.30. The zero-order valence-electron chi connectivity index (χ0n) is 16.6. The van der Waals surface area contributed by atoms with E-state index < -0.39 is 0 Å². The Kier molecular flexibility index (Phi) is 4.67. The number of hydrogen-bond acceptors (Lipinski definition) is 5. The Labute approximate surface area is 174 Å². The number of fused-ring (bicyclic) bond motifs is 1. The van der Waals surface area contributed by atoms with E-state index in [0.717, 1.165) is 28.6 Å². The molecule has 0 saturated carbocycles. The van der Waals surface area contributed by atoms with Gasteiger partial charge in [-0.1, -0.05) is 41.6 Å². The first kappa shape index (κ1) is 18.4. The number of nitrogens with zero attached hydrogens (tertiary/aromatic N) is 3. The largest absolute Gasteiger partial charge is 0.472 e. The van der Waals surface area contributed by atoms with Crippen molar-refractivity contribution in [2.24, 2.45) is 0 Å². The average Bonchev–Trinajstić information content (AvgIpc) is 3.40. The Morgan fingerprint density at radius 2 is 1.97 bits per heavy atom. The maximum Gasteiger partial charge on any atom is 0.254 e. The minimum atomic E-state index is -0.0533. The van der Waals surface area contributed by atoms with Crippen LogP contribution in [0.3, 0.4) is 0 Å². The Balaban J connectivity index is 1.35. The quantitative estimate of drug-likeness (QED) is 0.506. The smallest absolute Gasteiger partial charge is 0.254 e. The molecule has 1 saturated heterocycles. The number of hydrogen-bond donors (Lipinski definition) is 0. The Morgan fingerprint density at radius 1 is 1.10 bits per heavy atom. The van der Waals surface area contributed by atoms with Gasteiger partial charge >= 0.3 is 0 Å². The van der Waals surface area contributed by atoms with Gasteiger partial charge in [-0.05, 0) is 31.2 Å². The number of aromatic nitrogens is 2. The van der Waals surface area contributed by atoms with Gasteiger partial charge in [-0.3, -0.25) is 4.79 Å². The molecule has 0 aliphatic carbocycles. The molecule has 1 aliphatic rings. The first-order valence-corrected chi connectivity index (χ1v) is 10.0. The summed E-state index contributed by atoms with van der Waals surface area (Å²) in [5.41, 5.74) is 3.20. The van der Waals surface area contributed by atoms with Crippen molar-refractivity contribution >= 4 is 16.8 Å². The molecule has 30 heavy (non-hydrogen) atoms. The summed E-state index contributed by atoms with van der Waals surface area (Å²) >= 11 is 0. The van der Waals surface area contributed by atoms with E-state index in [-0.39, 0.29) is 12.0 Å². The highest BCUT2D eigenvalue weighted by Gasteiger charge is 2.29. The van der Waals surface area contributed by atoms with Gasteiger partial charge in [0.05, 0.1) is 11.9 Å². The second-order valence-corrected chi connectivity index (χ2v) is 7.51. The van der Waals surface area contributed by atoms with Gasteiger partial charge in [0.2, 0.25) is 5.88 Å². The summed E-state index contributed by atoms with van der Waals surface area (Å²) in [6.07, 6.45) is 0.731. The SMILES string of the molecule is Cc1cccc(OC2CCN(C(=O)c3ccc4noc(-c5ccccc5)c4c3)C2)n1. The Morgan fingerprint density at radius 3 is 2.80 bits per heavy atom. The summed E-state index contributed by atoms with van der Waals surface area (Å²) in [6, 6.07) is 21.0. The van der Waals surface area contributed by atoms with Crippen LogP contribution >= 0.6 is 0 Å². The lowest BCUT2D eigenvalue weighted by Crippen LogP contribution is -2.31. The molecule has 5 rings (SSSR count). The Bertz CT molecular complexity index is 1200. The number of amides is 1. The fourth-order valence-corrected chi connectivity index (χ4v) is 3.82. The van der Waals surface area contributed by atoms with Crippen molar-refractivity contribution in [2.75, 3.05) is 13.1 Å². The molecule has 2 aromatic carbocycles. The molecule has 1 fully saturated rings. The molecule has 2 aromatic heterocycles. The number of ether oxygens (including phenoxy) is 1. The summed E-state index contributed by atoms with van der Waals surface area (Å²) in [6.45, 7) is 3.13. The topological polar surface area (TPSA) is 68.5 Å². The van der Waals surface area contributed by atoms with Gasteiger partial charge in [-0.2, -0.15) is 0 Å². The lowest BCUT2D eigenvalue weighted by atomic mass is 10.1. The van der Waals surface area contributed by atoms with Crippen molar-refractivity contribution in [2.45, 2.75) is 19.4 Å². The lowest BCUT2D eigenvalue weighted by Gasteiger charge is -2.17. The van der Waals surface area contributed by atoms with E-state index in [4.69, 9.17) is 9.26 Å². The van der Waals surface area contributed by atoms with E-state index >= 15 is 0 Å². The predicted molar refractivity (Wildman–Crippen MR) is 113 cm³/mol. The number of aryl methyl sites for hydroxylation is 1. The molecule has 150 valence electrons. The molecule has 1 unspecified atom stereocenters. The average molecular weight is 399 g/mol. The van der Waals surface area contributed by atoms with E-state index in [9.17, 15) is 4.79 Å². The zero-order valence-corrected chi connectivity index (χ0v) is 16.6. The van der Waals surface area contributed by atoms with Gasteiger partial charge in [0.1, 0.15) is 11.6 Å². The maximum atomic E-state index is 13.1. The normalized spacial score (nSPS) is 16.2. The third-order valence-electron chi connectivity index (χ3n) is 5.34. The van der Waals surface area contributed by atoms with E-state index in [1.54, 1.807) is 6.07 Å². The molecule has 6 nitrogen and oxygen atoms in total. The summed E-state index contributed by atoms with van der Waals surface area (Å²) in [7, 11) is 0. The molecule has 0 N–H and O–H groups in total. The van der Waals surface area contributed by atoms with Crippen LogP contribution < -0.4 is 4.74 Å². The second kappa shape index (κ2) is 7.63. The Hall–Kier alpha value is -3.67. The van der Waals surface area contributed by atoms with E-state index in [0.29, 0.717) is 30.3 Å². The fraction of sp³-hybridized carbons (Fsp3) is 0.208. The molecule has 0 spiro atoms. The molecule has 4 aromatic rings. The third kappa shape index (κ3) is 3.52. The highest BCUT2D eigenvalue weighted by molar-refractivity contribution is 6.01. The van der Waals surface area contributed by atoms with Crippen molar-refractivity contribution in [1.82, 2.24) is 15.0 Å². The van der Waals surface area contributed by atoms with Gasteiger partial charge in [0.15, 0.2) is 5.76 Å². The number of carbonyl (C=O) groups excluding carboxylic acids is 1. The van der Waals surface area contributed by atoms with Gasteiger partial charge in [0.25, 0.3) is 5.91 Å². The van der Waals surface area contributed by atoms with E-state index in [2.05, 4.69) is 10.1 Å². The van der Waals surface area contributed by atoms with Crippen molar-refractivity contribution in [3.8, 4) is 17.2 Å². The van der Waals surface area contributed by atoms with Crippen LogP contribution in [0.15, 0.2) is 71.3 Å². The highest BCUT2D eigenvalue weighted by atomic mass is 16.5. The van der Waals surface area contributed by atoms with Crippen molar-refractivity contribution in [3.63, 3.8) is 0 Å². The molecule has 0 radical (unpaired) electrons. The van der Waals surface area contributed by atoms with Crippen LogP contribution in [0.5, 0.6) is 5.88 Å². The van der Waals surface area contributed by atoms with Crippen molar-refractivity contribution in [1.29, 1.82) is 0 Å². The van der Waals surface area contributed by atoms with Crippen LogP contribution in [0.1, 0.15) is 22.5 Å². The minimum Gasteiger partial charge on any atom is -0.472 e. The summed E-state index contributed by atoms with van der Waals surface area (Å²) in [5.74, 6) is 1.27. The molecular weight excluding hydrogens is 378 g/mol. The molecule has 1 aliphatic heterocycles. The third-order valence-corrected chi connectivity index (χ3v) is 5.34. The number of benzene rings is 2. The zero-order chi connectivity index (χ0) is 20.5. The summed E-state index contributed by atoms with van der Waals surface area (Å²) in [5, 5.41) is 4.97. The maximum absolute atomic E-state index is 13.1. The van der Waals surface area contributed by atoms with Gasteiger partial charge in [-0.25, -0.2) is 4.98 Å². The molecule has 0 bridgehead atoms. The van der Waals surface area contributed by atoms with Gasteiger partial charge in [0, 0.05) is 35.9 Å². The van der Waals surface area contributed by atoms with Crippen LogP contribution in [0, 0.1) is 6.92 Å². The standard InChI is InChI=1S/C24H21N3O3/c1-16-6-5-9-22(25-16)29-19-12-13-27(15-19)24(28)18-10-11-21-20(14-18)23(30-26-21)17-7-3-2-4-8-17/h2-11,14,19H,12-13,15H2,1H3. The molecular formula is C24H21N3O3. The fourth-order valence-electron chi connectivity index (χ4n) is 3.82. The van der Waals surface area contributed by atoms with Gasteiger partial charge in [-0.15, -0.1) is 0 Å². The molecule has 6 heteroatoms. The van der Waals surface area contributed by atoms with Crippen molar-refractivity contribution < 1.29 is 14.1 Å². The second-order valence-electron chi connectivity index (χ2n) is 7.51. The van der Waals surface area contributed by atoms with E-state index in [1.807, 2.05) is 72.5 Å². The van der Waals surface area contributed by atoms with Crippen LogP contribution in [-0.2, 0) is 0 Å². The van der Waals surface area contributed by atoms with Crippen LogP contribution in [-0.4, -0.2) is 40.1 Å². The van der Waals surface area contributed by atoms with Crippen molar-refractivity contribution in [3.05, 3.63) is 78.0 Å². The first-order valence-electron chi connectivity index (χ1n) is 10.0. The number of pyridine rings is 1. The predicted octanol–water partition coefficient (Wildman–Crippen LogP) is 4.49. The van der Waals surface area contributed by atoms with Crippen LogP contribution in [0.25, 0.3) is 22.2 Å². The summed E-state index contributed by atoms with van der Waals surface area (Å²) < 4.78 is 11.5. The minimum absolute atomic E-state index is 0.0135. The molecule has 3 heterocycles.